The fourth-order valence-electron chi connectivity index (χ4n) is 2.70. The molecule has 1 radical (unpaired) electrons. The molecule has 4 nitrogen and oxygen atoms in total. The van der Waals surface area contributed by atoms with E-state index in [2.05, 4.69) is 18.1 Å². The summed E-state index contributed by atoms with van der Waals surface area (Å²) in [4.78, 5) is 0. The number of fused-ring (bicyclic) bond motifs is 1. The Balaban J connectivity index is 2.10. The van der Waals surface area contributed by atoms with Gasteiger partial charge in [-0.2, -0.15) is 0 Å². The zero-order valence-electron chi connectivity index (χ0n) is 10.8. The van der Waals surface area contributed by atoms with Crippen molar-refractivity contribution in [2.24, 2.45) is 5.92 Å². The fraction of sp³-hybridized carbons (Fsp3) is 0.500. The highest BCUT2D eigenvalue weighted by Gasteiger charge is 2.26. The van der Waals surface area contributed by atoms with Gasteiger partial charge < -0.3 is 4.74 Å². The predicted molar refractivity (Wildman–Crippen MR) is 70.7 cm³/mol. The van der Waals surface area contributed by atoms with Crippen molar-refractivity contribution >= 4 is 10.9 Å². The third-order valence-electron chi connectivity index (χ3n) is 3.67. The summed E-state index contributed by atoms with van der Waals surface area (Å²) in [5.41, 5.74) is 1.11. The van der Waals surface area contributed by atoms with Gasteiger partial charge in [-0.3, -0.25) is 0 Å². The Bertz CT molecular complexity index is 549. The van der Waals surface area contributed by atoms with E-state index >= 15 is 0 Å². The van der Waals surface area contributed by atoms with Gasteiger partial charge in [-0.15, -0.1) is 5.10 Å². The van der Waals surface area contributed by atoms with Crippen molar-refractivity contribution in [3.63, 3.8) is 0 Å². The highest BCUT2D eigenvalue weighted by Crippen LogP contribution is 2.32. The normalized spacial score (nSPS) is 24.3. The van der Waals surface area contributed by atoms with E-state index in [1.54, 1.807) is 7.11 Å². The number of hydrogen-bond donors (Lipinski definition) is 0. The zero-order chi connectivity index (χ0) is 12.5. The summed E-state index contributed by atoms with van der Waals surface area (Å²) in [7, 11) is 1.67. The Labute approximate surface area is 107 Å². The molecule has 0 aliphatic carbocycles. The SMILES string of the molecule is COc1nn(C2[N]CCCC2C)c2ccccc12. The molecule has 0 bridgehead atoms. The van der Waals surface area contributed by atoms with Gasteiger partial charge in [0.1, 0.15) is 6.17 Å². The molecule has 1 aliphatic rings. The van der Waals surface area contributed by atoms with Crippen molar-refractivity contribution in [2.45, 2.75) is 25.9 Å². The molecule has 2 atom stereocenters. The summed E-state index contributed by atoms with van der Waals surface area (Å²) in [6.45, 7) is 3.18. The van der Waals surface area contributed by atoms with Gasteiger partial charge in [0.15, 0.2) is 0 Å². The van der Waals surface area contributed by atoms with E-state index in [0.29, 0.717) is 11.8 Å². The van der Waals surface area contributed by atoms with Gasteiger partial charge in [-0.25, -0.2) is 10.00 Å². The van der Waals surface area contributed by atoms with Gasteiger partial charge in [0.2, 0.25) is 5.88 Å². The van der Waals surface area contributed by atoms with E-state index in [9.17, 15) is 0 Å². The van der Waals surface area contributed by atoms with Crippen LogP contribution in [-0.2, 0) is 0 Å². The number of aromatic nitrogens is 2. The second kappa shape index (κ2) is 4.61. The Kier molecular flexibility index (Phi) is 2.96. The van der Waals surface area contributed by atoms with E-state index in [-0.39, 0.29) is 6.17 Å². The lowest BCUT2D eigenvalue weighted by Crippen LogP contribution is -2.32. The van der Waals surface area contributed by atoms with Gasteiger partial charge in [0.05, 0.1) is 18.0 Å². The lowest BCUT2D eigenvalue weighted by Gasteiger charge is -2.29. The molecule has 2 aromatic rings. The molecule has 0 amide bonds. The Morgan fingerprint density at radius 1 is 1.33 bits per heavy atom. The number of piperidine rings is 1. The first-order chi connectivity index (χ1) is 8.81. The standard InChI is InChI=1S/C14H18N3O/c1-10-6-5-9-15-13(10)17-12-8-4-3-7-11(12)14(16-17)18-2/h3-4,7-8,10,13H,5-6,9H2,1-2H3. The smallest absolute Gasteiger partial charge is 0.240 e. The van der Waals surface area contributed by atoms with Gasteiger partial charge in [0.25, 0.3) is 0 Å². The summed E-state index contributed by atoms with van der Waals surface area (Å²) >= 11 is 0. The molecule has 0 N–H and O–H groups in total. The van der Waals surface area contributed by atoms with Crippen molar-refractivity contribution in [1.82, 2.24) is 15.1 Å². The van der Waals surface area contributed by atoms with Crippen LogP contribution >= 0.6 is 0 Å². The first-order valence-electron chi connectivity index (χ1n) is 6.49. The Hall–Kier alpha value is -1.55. The topological polar surface area (TPSA) is 41.2 Å². The molecule has 95 valence electrons. The van der Waals surface area contributed by atoms with E-state index < -0.39 is 0 Å². The molecule has 2 unspecified atom stereocenters. The van der Waals surface area contributed by atoms with Crippen LogP contribution in [0.15, 0.2) is 24.3 Å². The zero-order valence-corrected chi connectivity index (χ0v) is 10.8. The molecule has 4 heteroatoms. The summed E-state index contributed by atoms with van der Waals surface area (Å²) in [6, 6.07) is 8.18. The summed E-state index contributed by atoms with van der Waals surface area (Å²) < 4.78 is 7.39. The van der Waals surface area contributed by atoms with Crippen LogP contribution in [0.2, 0.25) is 0 Å². The fourth-order valence-corrected chi connectivity index (χ4v) is 2.70. The summed E-state index contributed by atoms with van der Waals surface area (Å²) in [5.74, 6) is 1.23. The van der Waals surface area contributed by atoms with Crippen LogP contribution in [-0.4, -0.2) is 23.4 Å². The van der Waals surface area contributed by atoms with Gasteiger partial charge in [-0.1, -0.05) is 19.1 Å². The molecule has 1 aromatic carbocycles. The lowest BCUT2D eigenvalue weighted by molar-refractivity contribution is 0.211. The van der Waals surface area contributed by atoms with Crippen LogP contribution in [0.4, 0.5) is 0 Å². The third-order valence-corrected chi connectivity index (χ3v) is 3.67. The van der Waals surface area contributed by atoms with Crippen molar-refractivity contribution in [2.75, 3.05) is 13.7 Å². The Morgan fingerprint density at radius 2 is 2.17 bits per heavy atom. The minimum atomic E-state index is 0.146. The van der Waals surface area contributed by atoms with Crippen LogP contribution in [0, 0.1) is 5.92 Å². The first kappa shape index (κ1) is 11.5. The number of ether oxygens (including phenoxy) is 1. The molecule has 1 saturated heterocycles. The molecule has 1 aromatic heterocycles. The van der Waals surface area contributed by atoms with E-state index in [1.165, 1.54) is 12.8 Å². The number of nitrogens with zero attached hydrogens (tertiary/aromatic N) is 3. The van der Waals surface area contributed by atoms with Gasteiger partial charge >= 0.3 is 0 Å². The van der Waals surface area contributed by atoms with Gasteiger partial charge in [-0.05, 0) is 30.9 Å². The quantitative estimate of drug-likeness (QED) is 0.814. The summed E-state index contributed by atoms with van der Waals surface area (Å²) in [5, 5.41) is 10.4. The van der Waals surface area contributed by atoms with Crippen molar-refractivity contribution in [1.29, 1.82) is 0 Å². The van der Waals surface area contributed by atoms with Crippen molar-refractivity contribution in [3.8, 4) is 5.88 Å². The molecular weight excluding hydrogens is 226 g/mol. The van der Waals surface area contributed by atoms with Crippen LogP contribution in [0.25, 0.3) is 10.9 Å². The molecule has 1 fully saturated rings. The first-order valence-corrected chi connectivity index (χ1v) is 6.49. The Morgan fingerprint density at radius 3 is 2.94 bits per heavy atom. The molecule has 2 heterocycles. The van der Waals surface area contributed by atoms with Crippen molar-refractivity contribution < 1.29 is 4.74 Å². The molecule has 1 aliphatic heterocycles. The average Bonchev–Trinajstić information content (AvgIpc) is 2.78. The monoisotopic (exact) mass is 244 g/mol. The third kappa shape index (κ3) is 1.77. The number of methoxy groups -OCH3 is 1. The lowest BCUT2D eigenvalue weighted by atomic mass is 9.98. The van der Waals surface area contributed by atoms with Crippen LogP contribution in [0.1, 0.15) is 25.9 Å². The molecule has 0 saturated carbocycles. The number of benzene rings is 1. The maximum absolute atomic E-state index is 5.36. The highest BCUT2D eigenvalue weighted by molar-refractivity contribution is 5.84. The van der Waals surface area contributed by atoms with Crippen LogP contribution < -0.4 is 10.1 Å². The maximum atomic E-state index is 5.36. The number of hydrogen-bond acceptors (Lipinski definition) is 2. The predicted octanol–water partition coefficient (Wildman–Crippen LogP) is 2.58. The van der Waals surface area contributed by atoms with Crippen LogP contribution in [0.5, 0.6) is 5.88 Å². The summed E-state index contributed by atoms with van der Waals surface area (Å²) in [6.07, 6.45) is 2.55. The number of para-hydroxylation sites is 1. The number of rotatable bonds is 2. The average molecular weight is 244 g/mol. The van der Waals surface area contributed by atoms with Crippen molar-refractivity contribution in [3.05, 3.63) is 24.3 Å². The molecular formula is C14H18N3O. The molecule has 18 heavy (non-hydrogen) atoms. The minimum absolute atomic E-state index is 0.146. The van der Waals surface area contributed by atoms with E-state index in [1.807, 2.05) is 22.9 Å². The van der Waals surface area contributed by atoms with E-state index in [0.717, 1.165) is 17.4 Å². The second-order valence-corrected chi connectivity index (χ2v) is 4.91. The molecule has 3 rings (SSSR count). The van der Waals surface area contributed by atoms with Crippen LogP contribution in [0.3, 0.4) is 0 Å². The highest BCUT2D eigenvalue weighted by atomic mass is 16.5. The van der Waals surface area contributed by atoms with Gasteiger partial charge in [0, 0.05) is 6.54 Å². The maximum Gasteiger partial charge on any atom is 0.240 e. The molecule has 0 spiro atoms. The largest absolute Gasteiger partial charge is 0.479 e. The minimum Gasteiger partial charge on any atom is -0.479 e. The van der Waals surface area contributed by atoms with E-state index in [4.69, 9.17) is 10.1 Å². The second-order valence-electron chi connectivity index (χ2n) is 4.91.